The van der Waals surface area contributed by atoms with Gasteiger partial charge >= 0.3 is 0 Å². The van der Waals surface area contributed by atoms with Gasteiger partial charge in [-0.1, -0.05) is 12.1 Å². The van der Waals surface area contributed by atoms with Crippen molar-refractivity contribution in [3.05, 3.63) is 29.8 Å². The molecule has 1 atom stereocenters. The van der Waals surface area contributed by atoms with Gasteiger partial charge in [-0.3, -0.25) is 9.59 Å². The maximum absolute atomic E-state index is 11.6. The molecule has 5 heteroatoms. The lowest BCUT2D eigenvalue weighted by atomic mass is 10.2. The molecule has 1 aliphatic heterocycles. The van der Waals surface area contributed by atoms with Crippen LogP contribution >= 0.6 is 0 Å². The molecule has 1 aromatic rings. The van der Waals surface area contributed by atoms with E-state index < -0.39 is 6.04 Å². The van der Waals surface area contributed by atoms with Crippen LogP contribution in [0.25, 0.3) is 0 Å². The van der Waals surface area contributed by atoms with E-state index in [0.717, 1.165) is 24.2 Å². The third kappa shape index (κ3) is 3.32. The van der Waals surface area contributed by atoms with Crippen LogP contribution in [0.15, 0.2) is 24.3 Å². The zero-order chi connectivity index (χ0) is 13.8. The van der Waals surface area contributed by atoms with Gasteiger partial charge in [-0.2, -0.15) is 0 Å². The molecule has 0 aromatic heterocycles. The second kappa shape index (κ2) is 5.84. The number of nitrogens with two attached hydrogens (primary N) is 1. The van der Waals surface area contributed by atoms with E-state index in [2.05, 4.69) is 5.32 Å². The third-order valence-corrected chi connectivity index (χ3v) is 3.20. The Balaban J connectivity index is 1.95. The van der Waals surface area contributed by atoms with Gasteiger partial charge in [0.15, 0.2) is 0 Å². The molecule has 2 amide bonds. The van der Waals surface area contributed by atoms with Crippen molar-refractivity contribution < 1.29 is 9.59 Å². The molecule has 1 aromatic carbocycles. The van der Waals surface area contributed by atoms with Crippen LogP contribution in [-0.2, 0) is 16.1 Å². The molecule has 5 nitrogen and oxygen atoms in total. The molecule has 0 bridgehead atoms. The number of carbonyl (C=O) groups is 2. The average molecular weight is 261 g/mol. The summed E-state index contributed by atoms with van der Waals surface area (Å²) in [5.74, 6) is 0.0109. The van der Waals surface area contributed by atoms with Gasteiger partial charge in [-0.25, -0.2) is 0 Å². The maximum atomic E-state index is 11.6. The minimum Gasteiger partial charge on any atom is -0.351 e. The maximum Gasteiger partial charge on any atom is 0.236 e. The van der Waals surface area contributed by atoms with Crippen molar-refractivity contribution in [2.24, 2.45) is 5.73 Å². The molecule has 102 valence electrons. The molecule has 1 heterocycles. The molecule has 0 saturated carbocycles. The van der Waals surface area contributed by atoms with Gasteiger partial charge in [-0.15, -0.1) is 0 Å². The average Bonchev–Trinajstić information content (AvgIpc) is 2.82. The minimum absolute atomic E-state index is 0.168. The van der Waals surface area contributed by atoms with Crippen molar-refractivity contribution in [3.63, 3.8) is 0 Å². The van der Waals surface area contributed by atoms with Crippen LogP contribution in [-0.4, -0.2) is 24.4 Å². The second-order valence-corrected chi connectivity index (χ2v) is 4.82. The summed E-state index contributed by atoms with van der Waals surface area (Å²) in [6.45, 7) is 2.89. The van der Waals surface area contributed by atoms with E-state index in [1.165, 1.54) is 0 Å². The summed E-state index contributed by atoms with van der Waals surface area (Å²) in [6, 6.07) is 7.17. The predicted octanol–water partition coefficient (Wildman–Crippen LogP) is 0.777. The number of benzene rings is 1. The number of hydrogen-bond donors (Lipinski definition) is 2. The lowest BCUT2D eigenvalue weighted by Gasteiger charge is -2.16. The van der Waals surface area contributed by atoms with E-state index >= 15 is 0 Å². The molecule has 1 fully saturated rings. The van der Waals surface area contributed by atoms with Crippen molar-refractivity contribution in [3.8, 4) is 0 Å². The van der Waals surface area contributed by atoms with Crippen LogP contribution in [0.5, 0.6) is 0 Å². The molecule has 0 spiro atoms. The highest BCUT2D eigenvalue weighted by atomic mass is 16.2. The van der Waals surface area contributed by atoms with E-state index in [9.17, 15) is 9.59 Å². The quantitative estimate of drug-likeness (QED) is 0.841. The molecular formula is C14H19N3O2. The zero-order valence-corrected chi connectivity index (χ0v) is 11.1. The van der Waals surface area contributed by atoms with E-state index in [0.29, 0.717) is 13.0 Å². The first-order valence-electron chi connectivity index (χ1n) is 6.50. The summed E-state index contributed by atoms with van der Waals surface area (Å²) in [5.41, 5.74) is 7.38. The summed E-state index contributed by atoms with van der Waals surface area (Å²) in [7, 11) is 0. The van der Waals surface area contributed by atoms with Gasteiger partial charge in [0.1, 0.15) is 0 Å². The van der Waals surface area contributed by atoms with E-state index in [-0.39, 0.29) is 11.8 Å². The van der Waals surface area contributed by atoms with Crippen LogP contribution < -0.4 is 16.0 Å². The molecule has 1 aliphatic rings. The lowest BCUT2D eigenvalue weighted by molar-refractivity contribution is -0.122. The Morgan fingerprint density at radius 1 is 1.42 bits per heavy atom. The summed E-state index contributed by atoms with van der Waals surface area (Å²) in [5, 5.41) is 2.75. The van der Waals surface area contributed by atoms with E-state index in [1.807, 2.05) is 24.3 Å². The fourth-order valence-electron chi connectivity index (χ4n) is 2.07. The van der Waals surface area contributed by atoms with Crippen LogP contribution in [0, 0.1) is 0 Å². The number of nitrogens with zero attached hydrogens (tertiary/aromatic N) is 1. The Kier molecular flexibility index (Phi) is 4.16. The molecule has 19 heavy (non-hydrogen) atoms. The molecule has 0 aliphatic carbocycles. The van der Waals surface area contributed by atoms with Gasteiger partial charge in [0.25, 0.3) is 0 Å². The fraction of sp³-hybridized carbons (Fsp3) is 0.429. The SMILES string of the molecule is CC(N)C(=O)NCc1ccc(N2CCCC2=O)cc1. The fourth-order valence-corrected chi connectivity index (χ4v) is 2.07. The normalized spacial score (nSPS) is 16.5. The highest BCUT2D eigenvalue weighted by Gasteiger charge is 2.21. The molecule has 2 rings (SSSR count). The van der Waals surface area contributed by atoms with Crippen LogP contribution in [0.1, 0.15) is 25.3 Å². The van der Waals surface area contributed by atoms with Crippen molar-refractivity contribution >= 4 is 17.5 Å². The minimum atomic E-state index is -0.499. The summed E-state index contributed by atoms with van der Waals surface area (Å²) in [4.78, 5) is 24.7. The number of anilines is 1. The predicted molar refractivity (Wildman–Crippen MR) is 73.5 cm³/mol. The standard InChI is InChI=1S/C14H19N3O2/c1-10(15)14(19)16-9-11-4-6-12(7-5-11)17-8-2-3-13(17)18/h4-7,10H,2-3,8-9,15H2,1H3,(H,16,19). The number of amides is 2. The topological polar surface area (TPSA) is 75.4 Å². The Labute approximate surface area is 112 Å². The van der Waals surface area contributed by atoms with Gasteiger partial charge in [0.2, 0.25) is 11.8 Å². The van der Waals surface area contributed by atoms with E-state index in [1.54, 1.807) is 11.8 Å². The highest BCUT2D eigenvalue weighted by molar-refractivity contribution is 5.95. The summed E-state index contributed by atoms with van der Waals surface area (Å²) < 4.78 is 0. The number of carbonyl (C=O) groups excluding carboxylic acids is 2. The molecule has 0 radical (unpaired) electrons. The first-order chi connectivity index (χ1) is 9.08. The van der Waals surface area contributed by atoms with Crippen molar-refractivity contribution in [1.29, 1.82) is 0 Å². The van der Waals surface area contributed by atoms with Crippen LogP contribution in [0.2, 0.25) is 0 Å². The van der Waals surface area contributed by atoms with Gasteiger partial charge in [0.05, 0.1) is 6.04 Å². The first-order valence-corrected chi connectivity index (χ1v) is 6.50. The van der Waals surface area contributed by atoms with E-state index in [4.69, 9.17) is 5.73 Å². The van der Waals surface area contributed by atoms with Crippen molar-refractivity contribution in [2.75, 3.05) is 11.4 Å². The Morgan fingerprint density at radius 2 is 2.11 bits per heavy atom. The van der Waals surface area contributed by atoms with Gasteiger partial charge in [-0.05, 0) is 31.0 Å². The van der Waals surface area contributed by atoms with Crippen LogP contribution in [0.3, 0.4) is 0 Å². The van der Waals surface area contributed by atoms with Crippen LogP contribution in [0.4, 0.5) is 5.69 Å². The molecule has 3 N–H and O–H groups in total. The Morgan fingerprint density at radius 3 is 2.63 bits per heavy atom. The zero-order valence-electron chi connectivity index (χ0n) is 11.1. The lowest BCUT2D eigenvalue weighted by Crippen LogP contribution is -2.37. The Hall–Kier alpha value is -1.88. The Bertz CT molecular complexity index is 468. The van der Waals surface area contributed by atoms with Crippen molar-refractivity contribution in [2.45, 2.75) is 32.4 Å². The van der Waals surface area contributed by atoms with Gasteiger partial charge in [0, 0.05) is 25.2 Å². The second-order valence-electron chi connectivity index (χ2n) is 4.82. The summed E-state index contributed by atoms with van der Waals surface area (Å²) in [6.07, 6.45) is 1.55. The van der Waals surface area contributed by atoms with Gasteiger partial charge < -0.3 is 16.0 Å². The molecule has 1 saturated heterocycles. The molecular weight excluding hydrogens is 242 g/mol. The smallest absolute Gasteiger partial charge is 0.236 e. The molecule has 1 unspecified atom stereocenters. The number of rotatable bonds is 4. The van der Waals surface area contributed by atoms with Crippen molar-refractivity contribution in [1.82, 2.24) is 5.32 Å². The third-order valence-electron chi connectivity index (χ3n) is 3.20. The summed E-state index contributed by atoms with van der Waals surface area (Å²) >= 11 is 0. The first kappa shape index (κ1) is 13.5. The number of nitrogens with one attached hydrogen (secondary N) is 1. The number of hydrogen-bond acceptors (Lipinski definition) is 3. The highest BCUT2D eigenvalue weighted by Crippen LogP contribution is 2.21. The monoisotopic (exact) mass is 261 g/mol. The largest absolute Gasteiger partial charge is 0.351 e.